The van der Waals surface area contributed by atoms with Crippen LogP contribution in [0, 0.1) is 13.8 Å². The van der Waals surface area contributed by atoms with Crippen molar-refractivity contribution < 1.29 is 0 Å². The van der Waals surface area contributed by atoms with E-state index in [1.165, 1.54) is 22.3 Å². The Labute approximate surface area is 108 Å². The number of hydrogen-bond acceptors (Lipinski definition) is 2. The lowest BCUT2D eigenvalue weighted by Gasteiger charge is -2.14. The molecule has 0 aliphatic rings. The number of aryl methyl sites for hydroxylation is 2. The summed E-state index contributed by atoms with van der Waals surface area (Å²) in [5, 5.41) is 8.01. The first-order valence-corrected chi connectivity index (χ1v) is 6.92. The average molecular weight is 245 g/mol. The fraction of sp³-hybridized carbons (Fsp3) is 0.333. The van der Waals surface area contributed by atoms with Crippen LogP contribution in [0.5, 0.6) is 0 Å². The molecule has 1 atom stereocenters. The van der Waals surface area contributed by atoms with Crippen molar-refractivity contribution in [1.29, 1.82) is 0 Å². The van der Waals surface area contributed by atoms with Gasteiger partial charge < -0.3 is 5.32 Å². The Balaban J connectivity index is 1.98. The molecule has 2 heteroatoms. The van der Waals surface area contributed by atoms with Crippen LogP contribution in [0.15, 0.2) is 35.0 Å². The maximum atomic E-state index is 3.58. The summed E-state index contributed by atoms with van der Waals surface area (Å²) in [4.78, 5) is 0. The maximum Gasteiger partial charge on any atom is 0.0295 e. The molecular weight excluding hydrogens is 226 g/mol. The molecular formula is C15H19NS. The van der Waals surface area contributed by atoms with Crippen LogP contribution in [-0.2, 0) is 6.54 Å². The molecule has 0 aliphatic carbocycles. The highest BCUT2D eigenvalue weighted by atomic mass is 32.1. The third-order valence-electron chi connectivity index (χ3n) is 3.10. The fourth-order valence-corrected chi connectivity index (χ4v) is 2.75. The number of rotatable bonds is 4. The molecule has 0 amide bonds. The monoisotopic (exact) mass is 245 g/mol. The quantitative estimate of drug-likeness (QED) is 0.850. The van der Waals surface area contributed by atoms with Crippen molar-refractivity contribution in [3.8, 4) is 0 Å². The Kier molecular flexibility index (Phi) is 3.97. The smallest absolute Gasteiger partial charge is 0.0295 e. The second-order valence-corrected chi connectivity index (χ2v) is 5.34. The van der Waals surface area contributed by atoms with Crippen LogP contribution in [0.3, 0.4) is 0 Å². The molecule has 0 aliphatic heterocycles. The molecule has 1 nitrogen and oxygen atoms in total. The first-order valence-electron chi connectivity index (χ1n) is 5.98. The van der Waals surface area contributed by atoms with Crippen molar-refractivity contribution in [2.45, 2.75) is 33.4 Å². The normalized spacial score (nSPS) is 12.6. The van der Waals surface area contributed by atoms with Crippen LogP contribution in [0.2, 0.25) is 0 Å². The lowest BCUT2D eigenvalue weighted by Crippen LogP contribution is -2.18. The number of benzene rings is 1. The molecule has 90 valence electrons. The van der Waals surface area contributed by atoms with E-state index in [2.05, 4.69) is 61.1 Å². The molecule has 1 unspecified atom stereocenters. The van der Waals surface area contributed by atoms with E-state index in [4.69, 9.17) is 0 Å². The topological polar surface area (TPSA) is 12.0 Å². The van der Waals surface area contributed by atoms with Gasteiger partial charge in [-0.25, -0.2) is 0 Å². The molecule has 0 saturated carbocycles. The molecule has 0 saturated heterocycles. The zero-order valence-corrected chi connectivity index (χ0v) is 11.5. The van der Waals surface area contributed by atoms with Gasteiger partial charge in [-0.1, -0.05) is 29.8 Å². The van der Waals surface area contributed by atoms with Crippen molar-refractivity contribution in [3.63, 3.8) is 0 Å². The standard InChI is InChI=1S/C15H19NS/c1-11-5-4-6-14(7-11)13(3)16-8-15-10-17-9-12(15)2/h4-7,9-10,13,16H,8H2,1-3H3. The third kappa shape index (κ3) is 3.18. The second-order valence-electron chi connectivity index (χ2n) is 4.60. The van der Waals surface area contributed by atoms with E-state index in [-0.39, 0.29) is 0 Å². The van der Waals surface area contributed by atoms with Crippen LogP contribution in [0.25, 0.3) is 0 Å². The van der Waals surface area contributed by atoms with Gasteiger partial charge in [0.25, 0.3) is 0 Å². The predicted octanol–water partition coefficient (Wildman–Crippen LogP) is 4.22. The second kappa shape index (κ2) is 5.48. The minimum absolute atomic E-state index is 0.397. The van der Waals surface area contributed by atoms with Crippen molar-refractivity contribution in [2.24, 2.45) is 0 Å². The summed E-state index contributed by atoms with van der Waals surface area (Å²) >= 11 is 1.78. The highest BCUT2D eigenvalue weighted by Crippen LogP contribution is 2.17. The first kappa shape index (κ1) is 12.3. The van der Waals surface area contributed by atoms with E-state index in [1.807, 2.05) is 0 Å². The molecule has 0 spiro atoms. The molecule has 0 fully saturated rings. The minimum atomic E-state index is 0.397. The van der Waals surface area contributed by atoms with E-state index in [0.717, 1.165) is 6.54 Å². The van der Waals surface area contributed by atoms with Gasteiger partial charge in [-0.15, -0.1) is 0 Å². The largest absolute Gasteiger partial charge is 0.306 e. The number of nitrogens with one attached hydrogen (secondary N) is 1. The zero-order chi connectivity index (χ0) is 12.3. The fourth-order valence-electron chi connectivity index (χ4n) is 1.89. The SMILES string of the molecule is Cc1cccc(C(C)NCc2cscc2C)c1. The summed E-state index contributed by atoms with van der Waals surface area (Å²) in [6.07, 6.45) is 0. The maximum absolute atomic E-state index is 3.58. The van der Waals surface area contributed by atoms with Crippen LogP contribution in [-0.4, -0.2) is 0 Å². The van der Waals surface area contributed by atoms with Crippen molar-refractivity contribution in [3.05, 3.63) is 57.3 Å². The van der Waals surface area contributed by atoms with Gasteiger partial charge in [-0.3, -0.25) is 0 Å². The van der Waals surface area contributed by atoms with Crippen LogP contribution >= 0.6 is 11.3 Å². The highest BCUT2D eigenvalue weighted by Gasteiger charge is 2.06. The van der Waals surface area contributed by atoms with E-state index in [1.54, 1.807) is 11.3 Å². The summed E-state index contributed by atoms with van der Waals surface area (Å²) in [5.74, 6) is 0. The van der Waals surface area contributed by atoms with E-state index >= 15 is 0 Å². The zero-order valence-electron chi connectivity index (χ0n) is 10.7. The van der Waals surface area contributed by atoms with Gasteiger partial charge in [-0.2, -0.15) is 11.3 Å². The molecule has 2 aromatic rings. The lowest BCUT2D eigenvalue weighted by molar-refractivity contribution is 0.574. The summed E-state index contributed by atoms with van der Waals surface area (Å²) < 4.78 is 0. The van der Waals surface area contributed by atoms with Gasteiger partial charge in [0.2, 0.25) is 0 Å². The number of hydrogen-bond donors (Lipinski definition) is 1. The Morgan fingerprint density at radius 3 is 2.71 bits per heavy atom. The molecule has 17 heavy (non-hydrogen) atoms. The molecule has 1 aromatic carbocycles. The van der Waals surface area contributed by atoms with Gasteiger partial charge in [-0.05, 0) is 48.2 Å². The third-order valence-corrected chi connectivity index (χ3v) is 4.01. The molecule has 1 aromatic heterocycles. The van der Waals surface area contributed by atoms with E-state index in [9.17, 15) is 0 Å². The van der Waals surface area contributed by atoms with Gasteiger partial charge in [0.05, 0.1) is 0 Å². The van der Waals surface area contributed by atoms with Crippen LogP contribution in [0.4, 0.5) is 0 Å². The molecule has 0 radical (unpaired) electrons. The van der Waals surface area contributed by atoms with Gasteiger partial charge >= 0.3 is 0 Å². The molecule has 0 bridgehead atoms. The van der Waals surface area contributed by atoms with Crippen molar-refractivity contribution >= 4 is 11.3 Å². The highest BCUT2D eigenvalue weighted by molar-refractivity contribution is 7.08. The summed E-state index contributed by atoms with van der Waals surface area (Å²) in [6, 6.07) is 9.09. The van der Waals surface area contributed by atoms with E-state index in [0.29, 0.717) is 6.04 Å². The average Bonchev–Trinajstić information content (AvgIpc) is 2.72. The summed E-state index contributed by atoms with van der Waals surface area (Å²) in [6.45, 7) is 7.48. The van der Waals surface area contributed by atoms with E-state index < -0.39 is 0 Å². The molecule has 1 heterocycles. The van der Waals surface area contributed by atoms with Gasteiger partial charge in [0.15, 0.2) is 0 Å². The van der Waals surface area contributed by atoms with Crippen LogP contribution in [0.1, 0.15) is 35.2 Å². The van der Waals surface area contributed by atoms with Crippen molar-refractivity contribution in [1.82, 2.24) is 5.32 Å². The van der Waals surface area contributed by atoms with Gasteiger partial charge in [0.1, 0.15) is 0 Å². The predicted molar refractivity (Wildman–Crippen MR) is 75.5 cm³/mol. The number of thiophene rings is 1. The van der Waals surface area contributed by atoms with Crippen molar-refractivity contribution in [2.75, 3.05) is 0 Å². The van der Waals surface area contributed by atoms with Gasteiger partial charge in [0, 0.05) is 12.6 Å². The Morgan fingerprint density at radius 1 is 1.24 bits per heavy atom. The Morgan fingerprint density at radius 2 is 2.06 bits per heavy atom. The Bertz CT molecular complexity index is 487. The summed E-state index contributed by atoms with van der Waals surface area (Å²) in [5.41, 5.74) is 5.48. The minimum Gasteiger partial charge on any atom is -0.306 e. The first-order chi connectivity index (χ1) is 8.16. The summed E-state index contributed by atoms with van der Waals surface area (Å²) in [7, 11) is 0. The molecule has 2 rings (SSSR count). The lowest BCUT2D eigenvalue weighted by atomic mass is 10.1. The van der Waals surface area contributed by atoms with Crippen LogP contribution < -0.4 is 5.32 Å². The molecule has 1 N–H and O–H groups in total. The Hall–Kier alpha value is -1.12.